The molecule has 0 spiro atoms. The lowest BCUT2D eigenvalue weighted by molar-refractivity contribution is 0.256. The lowest BCUT2D eigenvalue weighted by Gasteiger charge is -1.70. The van der Waals surface area contributed by atoms with Crippen LogP contribution in [0, 0.1) is 0 Å². The molecule has 0 bridgehead atoms. The van der Waals surface area contributed by atoms with Crippen LogP contribution >= 0.6 is 0 Å². The second-order valence-electron chi connectivity index (χ2n) is 1.45. The van der Waals surface area contributed by atoms with Gasteiger partial charge in [0.2, 0.25) is 6.08 Å². The van der Waals surface area contributed by atoms with Crippen LogP contribution in [0.1, 0.15) is 0 Å². The van der Waals surface area contributed by atoms with Gasteiger partial charge < -0.3 is 5.73 Å². The topological polar surface area (TPSA) is 98.3 Å². The molecule has 2 amide bonds. The number of carbonyl (C=O) groups is 1. The number of amides is 2. The Morgan fingerprint density at radius 3 is 2.08 bits per heavy atom. The Morgan fingerprint density at radius 1 is 1.42 bits per heavy atom. The molecule has 0 saturated heterocycles. The number of aromatic nitrogens is 2. The van der Waals surface area contributed by atoms with Crippen molar-refractivity contribution in [3.8, 4) is 0 Å². The summed E-state index contributed by atoms with van der Waals surface area (Å²) in [7, 11) is 0. The van der Waals surface area contributed by atoms with Crippen LogP contribution in [0.2, 0.25) is 0 Å². The highest BCUT2D eigenvalue weighted by Gasteiger charge is 1.76. The molecule has 0 atom stereocenters. The maximum Gasteiger partial charge on any atom is 0.349 e. The van der Waals surface area contributed by atoms with E-state index in [0.29, 0.717) is 0 Å². The number of isocyanates is 1. The molecule has 0 aromatic carbocycles. The van der Waals surface area contributed by atoms with E-state index in [-0.39, 0.29) is 0 Å². The number of rotatable bonds is 0. The molecule has 12 heavy (non-hydrogen) atoms. The van der Waals surface area contributed by atoms with Crippen molar-refractivity contribution in [2.75, 3.05) is 0 Å². The van der Waals surface area contributed by atoms with Gasteiger partial charge in [-0.25, -0.2) is 19.6 Å². The van der Waals surface area contributed by atoms with E-state index in [1.54, 1.807) is 18.5 Å². The monoisotopic (exact) mass is 166 g/mol. The fourth-order valence-electron chi connectivity index (χ4n) is 0.298. The van der Waals surface area contributed by atoms with Crippen molar-refractivity contribution in [2.24, 2.45) is 10.7 Å². The van der Waals surface area contributed by atoms with Gasteiger partial charge in [-0.1, -0.05) is 0 Å². The summed E-state index contributed by atoms with van der Waals surface area (Å²) < 4.78 is 0. The molecule has 0 unspecified atom stereocenters. The molecular weight excluding hydrogens is 160 g/mol. The van der Waals surface area contributed by atoms with Gasteiger partial charge in [0.25, 0.3) is 0 Å². The lowest BCUT2D eigenvalue weighted by atomic mass is 10.7. The van der Waals surface area contributed by atoms with Crippen molar-refractivity contribution in [3.05, 3.63) is 24.8 Å². The molecule has 1 aromatic heterocycles. The lowest BCUT2D eigenvalue weighted by Crippen LogP contribution is -2.02. The maximum atomic E-state index is 9.39. The number of urea groups is 1. The highest BCUT2D eigenvalue weighted by Crippen LogP contribution is 1.66. The summed E-state index contributed by atoms with van der Waals surface area (Å²) >= 11 is 0. The molecule has 62 valence electrons. The molecule has 6 heteroatoms. The van der Waals surface area contributed by atoms with Crippen LogP contribution in [-0.4, -0.2) is 22.1 Å². The van der Waals surface area contributed by atoms with E-state index in [2.05, 4.69) is 20.7 Å². The van der Waals surface area contributed by atoms with Crippen molar-refractivity contribution in [1.82, 2.24) is 9.97 Å². The Bertz CT molecular complexity index is 241. The van der Waals surface area contributed by atoms with E-state index in [4.69, 9.17) is 4.79 Å². The van der Waals surface area contributed by atoms with Crippen molar-refractivity contribution >= 4 is 12.1 Å². The van der Waals surface area contributed by atoms with Gasteiger partial charge in [-0.05, 0) is 6.07 Å². The Labute approximate surface area is 68.2 Å². The number of hydrogen-bond acceptors (Lipinski definition) is 4. The van der Waals surface area contributed by atoms with Gasteiger partial charge in [0.15, 0.2) is 0 Å². The third kappa shape index (κ3) is 7.93. The molecule has 1 heterocycles. The zero-order valence-corrected chi connectivity index (χ0v) is 6.04. The number of aliphatic imine (C=N–C) groups is 1. The summed E-state index contributed by atoms with van der Waals surface area (Å²) in [6.45, 7) is 0. The van der Waals surface area contributed by atoms with Crippen LogP contribution in [0.4, 0.5) is 4.79 Å². The summed E-state index contributed by atoms with van der Waals surface area (Å²) in [4.78, 5) is 28.2. The minimum absolute atomic E-state index is 0.968. The summed E-state index contributed by atoms with van der Waals surface area (Å²) in [5.41, 5.74) is 4.33. The van der Waals surface area contributed by atoms with Crippen molar-refractivity contribution in [3.63, 3.8) is 0 Å². The molecular formula is C6H6N4O2. The Balaban J connectivity index is 0.000000202. The van der Waals surface area contributed by atoms with E-state index in [0.717, 1.165) is 6.08 Å². The summed E-state index contributed by atoms with van der Waals surface area (Å²) in [6.07, 6.45) is 5.84. The van der Waals surface area contributed by atoms with Gasteiger partial charge in [-0.15, -0.1) is 4.99 Å². The smallest absolute Gasteiger partial charge is 0.349 e. The van der Waals surface area contributed by atoms with E-state index in [9.17, 15) is 4.79 Å². The molecule has 0 saturated carbocycles. The van der Waals surface area contributed by atoms with Gasteiger partial charge in [-0.3, -0.25) is 0 Å². The third-order valence-electron chi connectivity index (χ3n) is 0.633. The van der Waals surface area contributed by atoms with E-state index >= 15 is 0 Å². The molecule has 1 rings (SSSR count). The highest BCUT2D eigenvalue weighted by molar-refractivity contribution is 5.77. The fourth-order valence-corrected chi connectivity index (χ4v) is 0.298. The number of nitrogens with two attached hydrogens (primary N) is 1. The second-order valence-corrected chi connectivity index (χ2v) is 1.45. The van der Waals surface area contributed by atoms with Crippen LogP contribution in [0.25, 0.3) is 0 Å². The second kappa shape index (κ2) is 7.04. The molecule has 0 aliphatic rings. The first-order valence-corrected chi connectivity index (χ1v) is 2.84. The quantitative estimate of drug-likeness (QED) is 0.429. The van der Waals surface area contributed by atoms with Crippen LogP contribution < -0.4 is 5.73 Å². The van der Waals surface area contributed by atoms with E-state index in [1.807, 2.05) is 0 Å². The molecule has 1 aromatic rings. The predicted molar refractivity (Wildman–Crippen MR) is 39.7 cm³/mol. The zero-order valence-electron chi connectivity index (χ0n) is 6.04. The SMILES string of the molecule is NC(=O)N=C=O.c1cncnc1. The predicted octanol–water partition coefficient (Wildman–Crippen LogP) is -0.123. The zero-order chi connectivity index (χ0) is 9.23. The summed E-state index contributed by atoms with van der Waals surface area (Å²) in [5, 5.41) is 0. The van der Waals surface area contributed by atoms with E-state index < -0.39 is 6.03 Å². The first-order chi connectivity index (χ1) is 5.77. The van der Waals surface area contributed by atoms with Crippen molar-refractivity contribution in [2.45, 2.75) is 0 Å². The molecule has 0 fully saturated rings. The fraction of sp³-hybridized carbons (Fsp3) is 0. The molecule has 6 nitrogen and oxygen atoms in total. The van der Waals surface area contributed by atoms with Gasteiger partial charge in [0.1, 0.15) is 6.33 Å². The summed E-state index contributed by atoms with van der Waals surface area (Å²) in [6, 6.07) is 0.769. The van der Waals surface area contributed by atoms with Crippen LogP contribution in [0.3, 0.4) is 0 Å². The highest BCUT2D eigenvalue weighted by atomic mass is 16.2. The van der Waals surface area contributed by atoms with Gasteiger partial charge in [0, 0.05) is 12.4 Å². The number of nitrogens with zero attached hydrogens (tertiary/aromatic N) is 3. The van der Waals surface area contributed by atoms with Crippen LogP contribution in [-0.2, 0) is 4.79 Å². The average molecular weight is 166 g/mol. The normalized spacial score (nSPS) is 7.00. The minimum atomic E-state index is -1.01. The Morgan fingerprint density at radius 2 is 2.00 bits per heavy atom. The van der Waals surface area contributed by atoms with Crippen LogP contribution in [0.5, 0.6) is 0 Å². The summed E-state index contributed by atoms with van der Waals surface area (Å²) in [5.74, 6) is 0. The third-order valence-corrected chi connectivity index (χ3v) is 0.633. The first-order valence-electron chi connectivity index (χ1n) is 2.84. The number of carbonyl (C=O) groups excluding carboxylic acids is 2. The maximum absolute atomic E-state index is 9.39. The molecule has 0 aliphatic heterocycles. The van der Waals surface area contributed by atoms with Gasteiger partial charge in [0.05, 0.1) is 0 Å². The van der Waals surface area contributed by atoms with Gasteiger partial charge in [-0.2, -0.15) is 0 Å². The van der Waals surface area contributed by atoms with E-state index in [1.165, 1.54) is 6.33 Å². The molecule has 0 radical (unpaired) electrons. The minimum Gasteiger partial charge on any atom is -0.349 e. The largest absolute Gasteiger partial charge is 0.349 e. The Kier molecular flexibility index (Phi) is 5.83. The number of primary amides is 1. The first kappa shape index (κ1) is 9.93. The average Bonchev–Trinajstić information content (AvgIpc) is 2.08. The van der Waals surface area contributed by atoms with Gasteiger partial charge >= 0.3 is 6.03 Å². The standard InChI is InChI=1S/C4H4N2.C2H2N2O2/c1-2-5-4-6-3-1;3-2(6)4-1-5/h1-4H;(H2,3,6). The molecule has 0 aliphatic carbocycles. The van der Waals surface area contributed by atoms with Crippen LogP contribution in [0.15, 0.2) is 29.8 Å². The van der Waals surface area contributed by atoms with Crippen molar-refractivity contribution < 1.29 is 9.59 Å². The molecule has 2 N–H and O–H groups in total. The van der Waals surface area contributed by atoms with Crippen molar-refractivity contribution in [1.29, 1.82) is 0 Å². The number of hydrogen-bond donors (Lipinski definition) is 1. The Hall–Kier alpha value is -2.07.